The van der Waals surface area contributed by atoms with Crippen molar-refractivity contribution >= 4 is 11.8 Å². The van der Waals surface area contributed by atoms with Crippen molar-refractivity contribution in [2.24, 2.45) is 0 Å². The average molecular weight is 319 g/mol. The van der Waals surface area contributed by atoms with E-state index in [0.29, 0.717) is 25.9 Å². The number of fused-ring (bicyclic) bond motifs is 1. The summed E-state index contributed by atoms with van der Waals surface area (Å²) in [5, 5.41) is 10.7. The van der Waals surface area contributed by atoms with Gasteiger partial charge < -0.3 is 15.5 Å². The quantitative estimate of drug-likeness (QED) is 0.811. The lowest BCUT2D eigenvalue weighted by Crippen LogP contribution is -2.60. The first-order valence-corrected chi connectivity index (χ1v) is 8.40. The van der Waals surface area contributed by atoms with Gasteiger partial charge in [-0.3, -0.25) is 14.3 Å². The van der Waals surface area contributed by atoms with Crippen molar-refractivity contribution in [3.8, 4) is 0 Å². The van der Waals surface area contributed by atoms with E-state index in [1.54, 1.807) is 4.90 Å². The van der Waals surface area contributed by atoms with E-state index in [0.717, 1.165) is 12.2 Å². The van der Waals surface area contributed by atoms with Crippen LogP contribution in [0.3, 0.4) is 0 Å². The monoisotopic (exact) mass is 319 g/mol. The van der Waals surface area contributed by atoms with Crippen molar-refractivity contribution in [2.45, 2.75) is 64.8 Å². The third-order valence-corrected chi connectivity index (χ3v) is 4.86. The maximum Gasteiger partial charge on any atom is 0.245 e. The van der Waals surface area contributed by atoms with Gasteiger partial charge in [0.25, 0.3) is 0 Å². The third kappa shape index (κ3) is 2.97. The Bertz CT molecular complexity index is 612. The van der Waals surface area contributed by atoms with Crippen LogP contribution >= 0.6 is 0 Å². The molecule has 2 aliphatic heterocycles. The van der Waals surface area contributed by atoms with Crippen molar-refractivity contribution < 1.29 is 9.59 Å². The molecule has 126 valence electrons. The molecule has 1 aromatic heterocycles. The number of aromatic nitrogens is 2. The number of carbonyl (C=O) groups is 2. The second-order valence-corrected chi connectivity index (χ2v) is 6.38. The van der Waals surface area contributed by atoms with Crippen LogP contribution in [0.4, 0.5) is 0 Å². The molecule has 3 atom stereocenters. The van der Waals surface area contributed by atoms with E-state index >= 15 is 0 Å². The molecule has 2 aliphatic rings. The molecule has 2 amide bonds. The van der Waals surface area contributed by atoms with E-state index in [4.69, 9.17) is 0 Å². The number of aryl methyl sites for hydroxylation is 2. The number of rotatable bonds is 5. The predicted molar refractivity (Wildman–Crippen MR) is 85.6 cm³/mol. The molecule has 0 saturated carbocycles. The van der Waals surface area contributed by atoms with Crippen LogP contribution in [0.5, 0.6) is 0 Å². The molecule has 0 bridgehead atoms. The highest BCUT2D eigenvalue weighted by Gasteiger charge is 2.45. The van der Waals surface area contributed by atoms with Gasteiger partial charge in [0.2, 0.25) is 11.8 Å². The van der Waals surface area contributed by atoms with Crippen LogP contribution in [-0.2, 0) is 22.7 Å². The molecule has 23 heavy (non-hydrogen) atoms. The van der Waals surface area contributed by atoms with Gasteiger partial charge >= 0.3 is 0 Å². The Kier molecular flexibility index (Phi) is 4.39. The molecule has 0 radical (unpaired) electrons. The minimum Gasteiger partial charge on any atom is -0.343 e. The number of nitrogens with zero attached hydrogens (tertiary/aromatic N) is 3. The van der Waals surface area contributed by atoms with Crippen LogP contribution in [0.25, 0.3) is 0 Å². The van der Waals surface area contributed by atoms with Crippen LogP contribution in [0.1, 0.15) is 37.9 Å². The van der Waals surface area contributed by atoms with Crippen LogP contribution in [0.15, 0.2) is 6.20 Å². The molecule has 1 aromatic rings. The Labute approximate surface area is 136 Å². The maximum absolute atomic E-state index is 12.4. The number of carbonyl (C=O) groups excluding carboxylic acids is 2. The van der Waals surface area contributed by atoms with E-state index in [1.165, 1.54) is 5.56 Å². The standard InChI is InChI=1S/C16H25N5O2/c1-4-13-16(23)21-9-12(6-14(21)15(22)18-13)17-7-11-8-20(5-2)19-10(11)3/h8,12-14,17H,4-7,9H2,1-3H3,(H,18,22)/t12-,13-,14-/m0/s1. The minimum atomic E-state index is -0.359. The van der Waals surface area contributed by atoms with E-state index in [1.807, 2.05) is 18.5 Å². The largest absolute Gasteiger partial charge is 0.343 e. The lowest BCUT2D eigenvalue weighted by atomic mass is 10.1. The lowest BCUT2D eigenvalue weighted by molar-refractivity contribution is -0.147. The summed E-state index contributed by atoms with van der Waals surface area (Å²) in [7, 11) is 0. The zero-order valence-electron chi connectivity index (χ0n) is 14.0. The van der Waals surface area contributed by atoms with E-state index in [2.05, 4.69) is 28.9 Å². The summed E-state index contributed by atoms with van der Waals surface area (Å²) in [6, 6.07) is -0.528. The zero-order valence-corrected chi connectivity index (χ0v) is 14.0. The van der Waals surface area contributed by atoms with Crippen molar-refractivity contribution in [3.63, 3.8) is 0 Å². The van der Waals surface area contributed by atoms with Gasteiger partial charge in [-0.05, 0) is 26.7 Å². The molecule has 2 fully saturated rings. The zero-order chi connectivity index (χ0) is 16.6. The molecule has 0 unspecified atom stereocenters. The van der Waals surface area contributed by atoms with Crippen LogP contribution in [0.2, 0.25) is 0 Å². The summed E-state index contributed by atoms with van der Waals surface area (Å²) in [6.45, 7) is 8.16. The summed E-state index contributed by atoms with van der Waals surface area (Å²) in [5.74, 6) is 0.0344. The van der Waals surface area contributed by atoms with Crippen LogP contribution in [0, 0.1) is 6.92 Å². The Balaban J connectivity index is 1.62. The normalized spacial score (nSPS) is 27.3. The van der Waals surface area contributed by atoms with E-state index in [-0.39, 0.29) is 29.9 Å². The molecule has 2 N–H and O–H groups in total. The summed E-state index contributed by atoms with van der Waals surface area (Å²) in [5.41, 5.74) is 2.19. The van der Waals surface area contributed by atoms with Gasteiger partial charge in [-0.1, -0.05) is 6.92 Å². The summed E-state index contributed by atoms with van der Waals surface area (Å²) >= 11 is 0. The molecule has 7 heteroatoms. The molecule has 2 saturated heterocycles. The molecular formula is C16H25N5O2. The fraction of sp³-hybridized carbons (Fsp3) is 0.688. The number of nitrogens with one attached hydrogen (secondary N) is 2. The first kappa shape index (κ1) is 16.0. The second kappa shape index (κ2) is 6.31. The van der Waals surface area contributed by atoms with Crippen LogP contribution in [-0.4, -0.2) is 51.2 Å². The van der Waals surface area contributed by atoms with Gasteiger partial charge in [0.1, 0.15) is 12.1 Å². The highest BCUT2D eigenvalue weighted by Crippen LogP contribution is 2.23. The third-order valence-electron chi connectivity index (χ3n) is 4.86. The Morgan fingerprint density at radius 2 is 2.17 bits per heavy atom. The summed E-state index contributed by atoms with van der Waals surface area (Å²) in [4.78, 5) is 26.3. The smallest absolute Gasteiger partial charge is 0.245 e. The van der Waals surface area contributed by atoms with Gasteiger partial charge in [0.05, 0.1) is 5.69 Å². The van der Waals surface area contributed by atoms with E-state index < -0.39 is 0 Å². The lowest BCUT2D eigenvalue weighted by Gasteiger charge is -2.33. The highest BCUT2D eigenvalue weighted by atomic mass is 16.2. The average Bonchev–Trinajstić information content (AvgIpc) is 3.12. The maximum atomic E-state index is 12.4. The molecule has 0 spiro atoms. The Hall–Kier alpha value is -1.89. The summed E-state index contributed by atoms with van der Waals surface area (Å²) in [6.07, 6.45) is 3.37. The Morgan fingerprint density at radius 3 is 2.83 bits per heavy atom. The van der Waals surface area contributed by atoms with Crippen molar-refractivity contribution in [3.05, 3.63) is 17.5 Å². The van der Waals surface area contributed by atoms with Gasteiger partial charge in [-0.15, -0.1) is 0 Å². The fourth-order valence-electron chi connectivity index (χ4n) is 3.43. The minimum absolute atomic E-state index is 0.0178. The number of amides is 2. The van der Waals surface area contributed by atoms with Gasteiger partial charge in [0, 0.05) is 37.4 Å². The van der Waals surface area contributed by atoms with Gasteiger partial charge in [0.15, 0.2) is 0 Å². The fourth-order valence-corrected chi connectivity index (χ4v) is 3.43. The highest BCUT2D eigenvalue weighted by molar-refractivity contribution is 5.97. The number of piperazine rings is 1. The molecular weight excluding hydrogens is 294 g/mol. The molecule has 0 aromatic carbocycles. The van der Waals surface area contributed by atoms with Crippen molar-refractivity contribution in [2.75, 3.05) is 6.54 Å². The molecule has 0 aliphatic carbocycles. The van der Waals surface area contributed by atoms with Crippen molar-refractivity contribution in [1.82, 2.24) is 25.3 Å². The molecule has 7 nitrogen and oxygen atoms in total. The summed E-state index contributed by atoms with van der Waals surface area (Å²) < 4.78 is 1.92. The second-order valence-electron chi connectivity index (χ2n) is 6.38. The topological polar surface area (TPSA) is 79.3 Å². The first-order chi connectivity index (χ1) is 11.0. The van der Waals surface area contributed by atoms with E-state index in [9.17, 15) is 9.59 Å². The Morgan fingerprint density at radius 1 is 1.39 bits per heavy atom. The van der Waals surface area contributed by atoms with Crippen molar-refractivity contribution in [1.29, 1.82) is 0 Å². The van der Waals surface area contributed by atoms with Crippen LogP contribution < -0.4 is 10.6 Å². The van der Waals surface area contributed by atoms with Gasteiger partial charge in [-0.25, -0.2) is 0 Å². The number of hydrogen-bond acceptors (Lipinski definition) is 4. The number of hydrogen-bond donors (Lipinski definition) is 2. The predicted octanol–water partition coefficient (Wildman–Crippen LogP) is 0.179. The first-order valence-electron chi connectivity index (χ1n) is 8.40. The van der Waals surface area contributed by atoms with Gasteiger partial charge in [-0.2, -0.15) is 5.10 Å². The molecule has 3 rings (SSSR count). The molecule has 3 heterocycles. The SMILES string of the molecule is CC[C@@H]1NC(=O)[C@@H]2C[C@H](NCc3cn(CC)nc3C)CN2C1=O.